The standard InChI is InChI=1S/C17H11Cl2FN2O2/c1-24-17(23)15-9-16(10-2-7-13(18)14(19)8-10)22(21-15)12-5-3-11(20)4-6-12/h2-9H,1H3. The number of hydrogen-bond acceptors (Lipinski definition) is 3. The number of nitrogens with zero attached hydrogens (tertiary/aromatic N) is 2. The van der Waals surface area contributed by atoms with Crippen molar-refractivity contribution < 1.29 is 13.9 Å². The fourth-order valence-corrected chi connectivity index (χ4v) is 2.52. The lowest BCUT2D eigenvalue weighted by Gasteiger charge is -2.08. The van der Waals surface area contributed by atoms with E-state index in [1.54, 1.807) is 36.4 Å². The van der Waals surface area contributed by atoms with Crippen molar-refractivity contribution in [3.05, 3.63) is 70.1 Å². The summed E-state index contributed by atoms with van der Waals surface area (Å²) in [5, 5.41) is 5.05. The summed E-state index contributed by atoms with van der Waals surface area (Å²) >= 11 is 12.0. The van der Waals surface area contributed by atoms with Crippen molar-refractivity contribution in [2.75, 3.05) is 7.11 Å². The monoisotopic (exact) mass is 364 g/mol. The first-order valence-corrected chi connectivity index (χ1v) is 7.65. The molecule has 4 nitrogen and oxygen atoms in total. The van der Waals surface area contributed by atoms with Gasteiger partial charge in [0.1, 0.15) is 5.82 Å². The van der Waals surface area contributed by atoms with Crippen LogP contribution in [-0.2, 0) is 4.74 Å². The van der Waals surface area contributed by atoms with E-state index in [1.807, 2.05) is 0 Å². The van der Waals surface area contributed by atoms with E-state index >= 15 is 0 Å². The van der Waals surface area contributed by atoms with E-state index < -0.39 is 5.97 Å². The Kier molecular flexibility index (Phi) is 4.55. The molecule has 0 aliphatic heterocycles. The van der Waals surface area contributed by atoms with E-state index in [1.165, 1.54) is 23.9 Å². The first-order valence-electron chi connectivity index (χ1n) is 6.89. The molecular formula is C17H11Cl2FN2O2. The zero-order chi connectivity index (χ0) is 17.3. The molecule has 0 bridgehead atoms. The number of ether oxygens (including phenoxy) is 1. The van der Waals surface area contributed by atoms with Crippen molar-refractivity contribution in [1.29, 1.82) is 0 Å². The van der Waals surface area contributed by atoms with E-state index in [2.05, 4.69) is 5.10 Å². The lowest BCUT2D eigenvalue weighted by atomic mass is 10.1. The van der Waals surface area contributed by atoms with E-state index in [-0.39, 0.29) is 11.5 Å². The van der Waals surface area contributed by atoms with Crippen LogP contribution in [0.3, 0.4) is 0 Å². The molecule has 0 amide bonds. The van der Waals surface area contributed by atoms with Gasteiger partial charge in [0.05, 0.1) is 28.5 Å². The lowest BCUT2D eigenvalue weighted by Crippen LogP contribution is -2.04. The highest BCUT2D eigenvalue weighted by molar-refractivity contribution is 6.42. The van der Waals surface area contributed by atoms with E-state index in [9.17, 15) is 9.18 Å². The second-order valence-electron chi connectivity index (χ2n) is 4.92. The molecule has 0 N–H and O–H groups in total. The highest BCUT2D eigenvalue weighted by Crippen LogP contribution is 2.30. The normalized spacial score (nSPS) is 10.7. The second kappa shape index (κ2) is 6.63. The van der Waals surface area contributed by atoms with Crippen molar-refractivity contribution in [2.24, 2.45) is 0 Å². The molecule has 7 heteroatoms. The number of benzene rings is 2. The molecule has 0 fully saturated rings. The molecule has 0 atom stereocenters. The Morgan fingerprint density at radius 2 is 1.79 bits per heavy atom. The minimum Gasteiger partial charge on any atom is -0.464 e. The van der Waals surface area contributed by atoms with Gasteiger partial charge in [-0.05, 0) is 42.5 Å². The highest BCUT2D eigenvalue weighted by Gasteiger charge is 2.17. The van der Waals surface area contributed by atoms with Crippen LogP contribution in [0, 0.1) is 5.82 Å². The number of esters is 1. The maximum absolute atomic E-state index is 13.2. The number of aromatic nitrogens is 2. The number of carbonyl (C=O) groups excluding carboxylic acids is 1. The Morgan fingerprint density at radius 3 is 2.42 bits per heavy atom. The molecule has 3 rings (SSSR count). The van der Waals surface area contributed by atoms with Crippen LogP contribution in [0.2, 0.25) is 10.0 Å². The first kappa shape index (κ1) is 16.5. The summed E-state index contributed by atoms with van der Waals surface area (Å²) in [4.78, 5) is 11.8. The molecule has 0 saturated heterocycles. The van der Waals surface area contributed by atoms with Crippen LogP contribution in [-0.4, -0.2) is 22.9 Å². The molecule has 3 aromatic rings. The maximum Gasteiger partial charge on any atom is 0.358 e. The van der Waals surface area contributed by atoms with Gasteiger partial charge in [-0.15, -0.1) is 0 Å². The van der Waals surface area contributed by atoms with Crippen molar-refractivity contribution in [1.82, 2.24) is 9.78 Å². The minimum atomic E-state index is -0.572. The van der Waals surface area contributed by atoms with Gasteiger partial charge in [-0.25, -0.2) is 13.9 Å². The molecule has 0 aliphatic carbocycles. The van der Waals surface area contributed by atoms with Gasteiger partial charge >= 0.3 is 5.97 Å². The Morgan fingerprint density at radius 1 is 1.08 bits per heavy atom. The number of halogens is 3. The fraction of sp³-hybridized carbons (Fsp3) is 0.0588. The molecule has 0 saturated carbocycles. The Bertz CT molecular complexity index is 907. The third-order valence-electron chi connectivity index (χ3n) is 3.39. The van der Waals surface area contributed by atoms with E-state index in [0.29, 0.717) is 27.0 Å². The molecule has 1 aromatic heterocycles. The third-order valence-corrected chi connectivity index (χ3v) is 4.13. The average molecular weight is 365 g/mol. The second-order valence-corrected chi connectivity index (χ2v) is 5.74. The van der Waals surface area contributed by atoms with Crippen molar-refractivity contribution in [3.63, 3.8) is 0 Å². The third kappa shape index (κ3) is 3.13. The molecule has 122 valence electrons. The molecule has 2 aromatic carbocycles. The number of carbonyl (C=O) groups is 1. The lowest BCUT2D eigenvalue weighted by molar-refractivity contribution is 0.0593. The quantitative estimate of drug-likeness (QED) is 0.628. The predicted molar refractivity (Wildman–Crippen MR) is 90.3 cm³/mol. The predicted octanol–water partition coefficient (Wildman–Crippen LogP) is 4.77. The molecular weight excluding hydrogens is 354 g/mol. The van der Waals surface area contributed by atoms with E-state index in [4.69, 9.17) is 27.9 Å². The number of hydrogen-bond donors (Lipinski definition) is 0. The topological polar surface area (TPSA) is 44.1 Å². The summed E-state index contributed by atoms with van der Waals surface area (Å²) in [6.07, 6.45) is 0. The molecule has 0 aliphatic rings. The molecule has 0 unspecified atom stereocenters. The van der Waals surface area contributed by atoms with Crippen LogP contribution in [0.5, 0.6) is 0 Å². The van der Waals surface area contributed by atoms with Crippen LogP contribution in [0.15, 0.2) is 48.5 Å². The summed E-state index contributed by atoms with van der Waals surface area (Å²) in [7, 11) is 1.28. The van der Waals surface area contributed by atoms with Crippen LogP contribution in [0.25, 0.3) is 16.9 Å². The van der Waals surface area contributed by atoms with Gasteiger partial charge in [-0.3, -0.25) is 0 Å². The Hall–Kier alpha value is -2.37. The highest BCUT2D eigenvalue weighted by atomic mass is 35.5. The maximum atomic E-state index is 13.2. The van der Waals surface area contributed by atoms with Gasteiger partial charge in [0.2, 0.25) is 0 Å². The summed E-state index contributed by atoms with van der Waals surface area (Å²) in [6, 6.07) is 12.4. The van der Waals surface area contributed by atoms with Crippen molar-refractivity contribution in [3.8, 4) is 16.9 Å². The number of methoxy groups -OCH3 is 1. The molecule has 1 heterocycles. The molecule has 0 spiro atoms. The largest absolute Gasteiger partial charge is 0.464 e. The Labute approximate surface area is 147 Å². The zero-order valence-electron chi connectivity index (χ0n) is 12.5. The van der Waals surface area contributed by atoms with Crippen LogP contribution >= 0.6 is 23.2 Å². The Balaban J connectivity index is 2.19. The van der Waals surface area contributed by atoms with Gasteiger partial charge in [-0.1, -0.05) is 29.3 Å². The molecule has 24 heavy (non-hydrogen) atoms. The summed E-state index contributed by atoms with van der Waals surface area (Å²) in [5.41, 5.74) is 2.02. The summed E-state index contributed by atoms with van der Waals surface area (Å²) in [6.45, 7) is 0. The zero-order valence-corrected chi connectivity index (χ0v) is 14.0. The minimum absolute atomic E-state index is 0.128. The first-order chi connectivity index (χ1) is 11.5. The summed E-state index contributed by atoms with van der Waals surface area (Å²) in [5.74, 6) is -0.938. The van der Waals surface area contributed by atoms with Gasteiger partial charge in [0, 0.05) is 5.56 Å². The average Bonchev–Trinajstić information content (AvgIpc) is 3.02. The van der Waals surface area contributed by atoms with E-state index in [0.717, 1.165) is 0 Å². The van der Waals surface area contributed by atoms with Gasteiger partial charge in [-0.2, -0.15) is 5.10 Å². The van der Waals surface area contributed by atoms with Crippen LogP contribution in [0.4, 0.5) is 4.39 Å². The number of rotatable bonds is 3. The van der Waals surface area contributed by atoms with Crippen molar-refractivity contribution in [2.45, 2.75) is 0 Å². The van der Waals surface area contributed by atoms with Crippen LogP contribution < -0.4 is 0 Å². The summed E-state index contributed by atoms with van der Waals surface area (Å²) < 4.78 is 19.4. The van der Waals surface area contributed by atoms with Gasteiger partial charge < -0.3 is 4.74 Å². The van der Waals surface area contributed by atoms with Crippen molar-refractivity contribution >= 4 is 29.2 Å². The van der Waals surface area contributed by atoms with Gasteiger partial charge in [0.15, 0.2) is 5.69 Å². The SMILES string of the molecule is COC(=O)c1cc(-c2ccc(Cl)c(Cl)c2)n(-c2ccc(F)cc2)n1. The smallest absolute Gasteiger partial charge is 0.358 e. The van der Waals surface area contributed by atoms with Crippen LogP contribution in [0.1, 0.15) is 10.5 Å². The fourth-order valence-electron chi connectivity index (χ4n) is 2.23. The van der Waals surface area contributed by atoms with Gasteiger partial charge in [0.25, 0.3) is 0 Å². The molecule has 0 radical (unpaired) electrons.